The molecule has 2 aliphatic rings. The number of hydrogen-bond acceptors (Lipinski definition) is 5. The number of benzene rings is 1. The van der Waals surface area contributed by atoms with Gasteiger partial charge in [-0.3, -0.25) is 14.2 Å². The summed E-state index contributed by atoms with van der Waals surface area (Å²) in [7, 11) is 3.56. The molecule has 2 heterocycles. The quantitative estimate of drug-likeness (QED) is 0.537. The van der Waals surface area contributed by atoms with Crippen LogP contribution in [-0.2, 0) is 19.7 Å². The Bertz CT molecular complexity index is 1220. The number of nitrogens with zero attached hydrogens (tertiary/aromatic N) is 4. The van der Waals surface area contributed by atoms with Crippen LogP contribution in [0.2, 0.25) is 5.02 Å². The van der Waals surface area contributed by atoms with Crippen LogP contribution >= 0.6 is 11.6 Å². The molecule has 0 saturated heterocycles. The number of nitrogens with two attached hydrogens (primary N) is 1. The van der Waals surface area contributed by atoms with E-state index in [1.165, 1.54) is 22.9 Å². The molecule has 10 heteroatoms. The second-order valence-electron chi connectivity index (χ2n) is 9.32. The van der Waals surface area contributed by atoms with Crippen LogP contribution in [0.25, 0.3) is 0 Å². The molecule has 0 spiro atoms. The lowest BCUT2D eigenvalue weighted by atomic mass is 9.89. The van der Waals surface area contributed by atoms with Crippen molar-refractivity contribution in [1.82, 2.24) is 19.6 Å². The minimum Gasteiger partial charge on any atom is -0.384 e. The average molecular weight is 473 g/mol. The van der Waals surface area contributed by atoms with Crippen LogP contribution in [0, 0.1) is 17.7 Å². The van der Waals surface area contributed by atoms with E-state index < -0.39 is 17.3 Å². The molecule has 4 N–H and O–H groups in total. The number of aliphatic hydroxyl groups is 1. The predicted octanol–water partition coefficient (Wildman–Crippen LogP) is 3.57. The van der Waals surface area contributed by atoms with Gasteiger partial charge < -0.3 is 16.2 Å². The molecule has 1 amide bonds. The first-order valence-corrected chi connectivity index (χ1v) is 11.3. The third-order valence-corrected chi connectivity index (χ3v) is 7.54. The Kier molecular flexibility index (Phi) is 5.21. The van der Waals surface area contributed by atoms with Gasteiger partial charge >= 0.3 is 0 Å². The Hall–Kier alpha value is -2.91. The molecule has 2 aromatic heterocycles. The normalized spacial score (nSPS) is 26.5. The van der Waals surface area contributed by atoms with Crippen LogP contribution in [0.4, 0.5) is 15.9 Å². The first kappa shape index (κ1) is 21.9. The standard InChI is InChI=1S/C23H26ClFN6O2/c1-30-18(5-6-27-30)23(33)10-13-7-12(8-14(13)11-23)20-19(21(26)31(2)29-20)22(32)28-15-3-4-17(25)16(24)9-15/h3-6,9,12-14,33H,7-8,10-11,26H2,1-2H3,(H,28,32). The molecule has 5 rings (SSSR count). The molecule has 2 aliphatic carbocycles. The van der Waals surface area contributed by atoms with E-state index in [0.29, 0.717) is 41.6 Å². The minimum atomic E-state index is -0.878. The van der Waals surface area contributed by atoms with Crippen molar-refractivity contribution in [2.24, 2.45) is 25.9 Å². The van der Waals surface area contributed by atoms with Crippen molar-refractivity contribution >= 4 is 29.0 Å². The van der Waals surface area contributed by atoms with Crippen molar-refractivity contribution < 1.29 is 14.3 Å². The van der Waals surface area contributed by atoms with E-state index >= 15 is 0 Å². The van der Waals surface area contributed by atoms with Gasteiger partial charge in [-0.15, -0.1) is 0 Å². The third-order valence-electron chi connectivity index (χ3n) is 7.25. The number of nitrogens with one attached hydrogen (secondary N) is 1. The average Bonchev–Trinajstić information content (AvgIpc) is 3.48. The number of carbonyl (C=O) groups excluding carboxylic acids is 1. The zero-order valence-electron chi connectivity index (χ0n) is 18.4. The van der Waals surface area contributed by atoms with E-state index in [2.05, 4.69) is 15.5 Å². The SMILES string of the molecule is Cn1nccc1C1(O)CC2CC(c3nn(C)c(N)c3C(=O)Nc3ccc(F)c(Cl)c3)CC2C1. The molecule has 2 saturated carbocycles. The fourth-order valence-electron chi connectivity index (χ4n) is 5.77. The van der Waals surface area contributed by atoms with Gasteiger partial charge in [-0.05, 0) is 61.8 Å². The van der Waals surface area contributed by atoms with Gasteiger partial charge in [-0.1, -0.05) is 11.6 Å². The van der Waals surface area contributed by atoms with Crippen LogP contribution < -0.4 is 11.1 Å². The van der Waals surface area contributed by atoms with Gasteiger partial charge in [0.15, 0.2) is 0 Å². The molecule has 174 valence electrons. The number of halogens is 2. The Labute approximate surface area is 195 Å². The number of aryl methyl sites for hydroxylation is 2. The molecule has 2 atom stereocenters. The van der Waals surface area contributed by atoms with Crippen molar-refractivity contribution in [3.8, 4) is 0 Å². The maximum atomic E-state index is 13.5. The van der Waals surface area contributed by atoms with E-state index in [9.17, 15) is 14.3 Å². The summed E-state index contributed by atoms with van der Waals surface area (Å²) >= 11 is 5.84. The maximum absolute atomic E-state index is 13.5. The lowest BCUT2D eigenvalue weighted by Gasteiger charge is -2.24. The zero-order valence-corrected chi connectivity index (χ0v) is 19.2. The molecule has 2 fully saturated rings. The van der Waals surface area contributed by atoms with E-state index in [1.54, 1.807) is 17.9 Å². The third kappa shape index (κ3) is 3.69. The summed E-state index contributed by atoms with van der Waals surface area (Å²) in [6.07, 6.45) is 4.67. The molecular formula is C23H26ClFN6O2. The highest BCUT2D eigenvalue weighted by molar-refractivity contribution is 6.31. The summed E-state index contributed by atoms with van der Waals surface area (Å²) in [5.74, 6) is 0.0349. The highest BCUT2D eigenvalue weighted by atomic mass is 35.5. The van der Waals surface area contributed by atoms with Crippen LogP contribution in [0.15, 0.2) is 30.5 Å². The highest BCUT2D eigenvalue weighted by Gasteiger charge is 2.51. The van der Waals surface area contributed by atoms with Gasteiger partial charge in [-0.2, -0.15) is 10.2 Å². The topological polar surface area (TPSA) is 111 Å². The zero-order chi connectivity index (χ0) is 23.5. The van der Waals surface area contributed by atoms with Crippen LogP contribution in [0.3, 0.4) is 0 Å². The fourth-order valence-corrected chi connectivity index (χ4v) is 5.95. The number of fused-ring (bicyclic) bond motifs is 1. The molecule has 1 aromatic carbocycles. The summed E-state index contributed by atoms with van der Waals surface area (Å²) in [5, 5.41) is 22.8. The number of nitrogen functional groups attached to an aromatic ring is 1. The first-order chi connectivity index (χ1) is 15.7. The van der Waals surface area contributed by atoms with E-state index in [1.807, 2.05) is 13.1 Å². The van der Waals surface area contributed by atoms with Gasteiger partial charge in [0.1, 0.15) is 22.8 Å². The summed E-state index contributed by atoms with van der Waals surface area (Å²) < 4.78 is 16.7. The largest absolute Gasteiger partial charge is 0.384 e. The Morgan fingerprint density at radius 2 is 1.94 bits per heavy atom. The summed E-state index contributed by atoms with van der Waals surface area (Å²) in [4.78, 5) is 13.1. The molecule has 0 radical (unpaired) electrons. The maximum Gasteiger partial charge on any atom is 0.261 e. The Balaban J connectivity index is 1.36. The molecular weight excluding hydrogens is 447 g/mol. The number of rotatable bonds is 4. The van der Waals surface area contributed by atoms with E-state index in [0.717, 1.165) is 18.5 Å². The van der Waals surface area contributed by atoms with Crippen molar-refractivity contribution in [3.63, 3.8) is 0 Å². The van der Waals surface area contributed by atoms with Crippen molar-refractivity contribution in [2.75, 3.05) is 11.1 Å². The Morgan fingerprint density at radius 3 is 2.55 bits per heavy atom. The number of hydrogen-bond donors (Lipinski definition) is 3. The monoisotopic (exact) mass is 472 g/mol. The van der Waals surface area contributed by atoms with Crippen LogP contribution in [0.1, 0.15) is 53.3 Å². The van der Waals surface area contributed by atoms with Crippen LogP contribution in [0.5, 0.6) is 0 Å². The van der Waals surface area contributed by atoms with Gasteiger partial charge in [0, 0.05) is 31.9 Å². The first-order valence-electron chi connectivity index (χ1n) is 11.0. The van der Waals surface area contributed by atoms with Crippen molar-refractivity contribution in [1.29, 1.82) is 0 Å². The molecule has 0 bridgehead atoms. The second-order valence-corrected chi connectivity index (χ2v) is 9.73. The Morgan fingerprint density at radius 1 is 1.24 bits per heavy atom. The molecule has 0 aliphatic heterocycles. The van der Waals surface area contributed by atoms with E-state index in [-0.39, 0.29) is 16.8 Å². The fraction of sp³-hybridized carbons (Fsp3) is 0.435. The van der Waals surface area contributed by atoms with Crippen molar-refractivity contribution in [2.45, 2.75) is 37.2 Å². The number of aromatic nitrogens is 4. The van der Waals surface area contributed by atoms with Gasteiger partial charge in [0.25, 0.3) is 5.91 Å². The minimum absolute atomic E-state index is 0.0668. The molecule has 33 heavy (non-hydrogen) atoms. The van der Waals surface area contributed by atoms with Crippen LogP contribution in [-0.4, -0.2) is 30.6 Å². The smallest absolute Gasteiger partial charge is 0.261 e. The molecule has 8 nitrogen and oxygen atoms in total. The molecule has 3 aromatic rings. The molecule has 2 unspecified atom stereocenters. The second kappa shape index (κ2) is 7.85. The van der Waals surface area contributed by atoms with Crippen molar-refractivity contribution in [3.05, 3.63) is 58.3 Å². The van der Waals surface area contributed by atoms with E-state index in [4.69, 9.17) is 17.3 Å². The summed E-state index contributed by atoms with van der Waals surface area (Å²) in [5.41, 5.74) is 7.57. The van der Waals surface area contributed by atoms with Gasteiger partial charge in [0.05, 0.1) is 16.4 Å². The number of carbonyl (C=O) groups is 1. The van der Waals surface area contributed by atoms with Gasteiger partial charge in [-0.25, -0.2) is 4.39 Å². The number of anilines is 2. The highest BCUT2D eigenvalue weighted by Crippen LogP contribution is 2.57. The summed E-state index contributed by atoms with van der Waals surface area (Å²) in [6, 6.07) is 5.89. The summed E-state index contributed by atoms with van der Waals surface area (Å²) in [6.45, 7) is 0. The lowest BCUT2D eigenvalue weighted by Crippen LogP contribution is -2.26. The predicted molar refractivity (Wildman–Crippen MR) is 122 cm³/mol. The number of amides is 1. The van der Waals surface area contributed by atoms with Gasteiger partial charge in [0.2, 0.25) is 0 Å². The lowest BCUT2D eigenvalue weighted by molar-refractivity contribution is 0.0263.